The molecule has 6 heteroatoms. The number of rotatable bonds is 7. The van der Waals surface area contributed by atoms with Gasteiger partial charge in [-0.1, -0.05) is 36.4 Å². The van der Waals surface area contributed by atoms with Gasteiger partial charge in [-0.2, -0.15) is 0 Å². The molecule has 0 aliphatic carbocycles. The van der Waals surface area contributed by atoms with Crippen molar-refractivity contribution in [1.82, 2.24) is 0 Å². The Kier molecular flexibility index (Phi) is 6.66. The minimum atomic E-state index is -1.60. The van der Waals surface area contributed by atoms with Crippen molar-refractivity contribution in [2.75, 3.05) is 7.11 Å². The van der Waals surface area contributed by atoms with Crippen molar-refractivity contribution in [2.24, 2.45) is 5.92 Å². The van der Waals surface area contributed by atoms with E-state index < -0.39 is 23.5 Å². The fourth-order valence-electron chi connectivity index (χ4n) is 2.21. The lowest BCUT2D eigenvalue weighted by molar-refractivity contribution is -0.150. The Labute approximate surface area is 156 Å². The first-order valence-electron chi connectivity index (χ1n) is 8.00. The van der Waals surface area contributed by atoms with E-state index in [1.165, 1.54) is 36.4 Å². The van der Waals surface area contributed by atoms with E-state index in [2.05, 4.69) is 4.74 Å². The lowest BCUT2D eigenvalue weighted by Gasteiger charge is -2.08. The molecule has 0 bridgehead atoms. The summed E-state index contributed by atoms with van der Waals surface area (Å²) >= 11 is 0. The summed E-state index contributed by atoms with van der Waals surface area (Å²) in [5.74, 6) is -3.81. The molecule has 0 spiro atoms. The van der Waals surface area contributed by atoms with Gasteiger partial charge in [0.2, 0.25) is 0 Å². The van der Waals surface area contributed by atoms with E-state index >= 15 is 0 Å². The summed E-state index contributed by atoms with van der Waals surface area (Å²) in [5.41, 5.74) is 1.24. The first-order valence-corrected chi connectivity index (χ1v) is 8.00. The molecule has 0 fully saturated rings. The molecule has 0 aliphatic rings. The van der Waals surface area contributed by atoms with Crippen molar-refractivity contribution in [3.05, 3.63) is 71.8 Å². The second-order valence-corrected chi connectivity index (χ2v) is 5.61. The fraction of sp³-hybridized carbons (Fsp3) is 0.0952. The molecule has 2 aromatic rings. The third kappa shape index (κ3) is 5.67. The van der Waals surface area contributed by atoms with Crippen LogP contribution in [-0.2, 0) is 19.1 Å². The number of hydrogen-bond acceptors (Lipinski definition) is 6. The van der Waals surface area contributed by atoms with E-state index in [4.69, 9.17) is 0 Å². The molecule has 0 saturated heterocycles. The van der Waals surface area contributed by atoms with Gasteiger partial charge in [0.1, 0.15) is 11.5 Å². The second kappa shape index (κ2) is 9.15. The number of carbonyl (C=O) groups excluding carboxylic acids is 3. The minimum absolute atomic E-state index is 0.0838. The lowest BCUT2D eigenvalue weighted by atomic mass is 9.97. The highest BCUT2D eigenvalue weighted by Crippen LogP contribution is 2.14. The SMILES string of the molecule is COC(=O)C(C(=O)C=Cc1ccc(O)cc1)C(=O)C=Cc1ccc(O)cc1. The number of carbonyl (C=O) groups is 3. The molecule has 0 unspecified atom stereocenters. The molecule has 0 saturated carbocycles. The average molecular weight is 366 g/mol. The van der Waals surface area contributed by atoms with Gasteiger partial charge >= 0.3 is 5.97 Å². The molecular weight excluding hydrogens is 348 g/mol. The molecule has 6 nitrogen and oxygen atoms in total. The average Bonchev–Trinajstić information content (AvgIpc) is 2.67. The predicted octanol–water partition coefficient (Wildman–Crippen LogP) is 2.75. The number of benzene rings is 2. The van der Waals surface area contributed by atoms with Crippen LogP contribution in [0.3, 0.4) is 0 Å². The molecule has 0 radical (unpaired) electrons. The van der Waals surface area contributed by atoms with Crippen LogP contribution in [-0.4, -0.2) is 34.9 Å². The van der Waals surface area contributed by atoms with Crippen LogP contribution in [0.15, 0.2) is 60.7 Å². The number of ketones is 2. The molecule has 0 heterocycles. The largest absolute Gasteiger partial charge is 0.508 e. The molecule has 0 atom stereocenters. The van der Waals surface area contributed by atoms with Gasteiger partial charge in [0, 0.05) is 0 Å². The van der Waals surface area contributed by atoms with Crippen molar-refractivity contribution < 1.29 is 29.3 Å². The van der Waals surface area contributed by atoms with Gasteiger partial charge in [0.15, 0.2) is 17.5 Å². The Morgan fingerprint density at radius 1 is 0.778 bits per heavy atom. The zero-order valence-corrected chi connectivity index (χ0v) is 14.5. The van der Waals surface area contributed by atoms with Gasteiger partial charge in [-0.05, 0) is 47.5 Å². The van der Waals surface area contributed by atoms with Crippen LogP contribution in [0.1, 0.15) is 11.1 Å². The van der Waals surface area contributed by atoms with Gasteiger partial charge in [-0.15, -0.1) is 0 Å². The van der Waals surface area contributed by atoms with E-state index in [0.717, 1.165) is 19.3 Å². The van der Waals surface area contributed by atoms with E-state index in [0.29, 0.717) is 11.1 Å². The highest BCUT2D eigenvalue weighted by Gasteiger charge is 2.31. The predicted molar refractivity (Wildman–Crippen MR) is 99.8 cm³/mol. The first-order chi connectivity index (χ1) is 12.9. The number of allylic oxidation sites excluding steroid dienone is 2. The Hall–Kier alpha value is -3.67. The van der Waals surface area contributed by atoms with E-state index in [1.807, 2.05) is 0 Å². The molecule has 2 N–H and O–H groups in total. The molecule has 27 heavy (non-hydrogen) atoms. The maximum absolute atomic E-state index is 12.4. The van der Waals surface area contributed by atoms with Crippen molar-refractivity contribution in [2.45, 2.75) is 0 Å². The number of aromatic hydroxyl groups is 2. The number of ether oxygens (including phenoxy) is 1. The van der Waals surface area contributed by atoms with Crippen LogP contribution in [0.4, 0.5) is 0 Å². The number of phenolic OH excluding ortho intramolecular Hbond substituents is 2. The van der Waals surface area contributed by atoms with Gasteiger partial charge in [0.25, 0.3) is 0 Å². The fourth-order valence-corrected chi connectivity index (χ4v) is 2.21. The summed E-state index contributed by atoms with van der Waals surface area (Å²) < 4.78 is 4.58. The Bertz CT molecular complexity index is 808. The topological polar surface area (TPSA) is 101 Å². The first kappa shape index (κ1) is 19.7. The number of esters is 1. The maximum Gasteiger partial charge on any atom is 0.324 e. The van der Waals surface area contributed by atoms with E-state index in [-0.39, 0.29) is 11.5 Å². The van der Waals surface area contributed by atoms with Crippen LogP contribution < -0.4 is 0 Å². The highest BCUT2D eigenvalue weighted by atomic mass is 16.5. The van der Waals surface area contributed by atoms with Crippen LogP contribution in [0.5, 0.6) is 11.5 Å². The molecule has 0 amide bonds. The van der Waals surface area contributed by atoms with Gasteiger partial charge in [-0.3, -0.25) is 14.4 Å². The summed E-state index contributed by atoms with van der Waals surface area (Å²) in [6, 6.07) is 12.1. The molecule has 0 aliphatic heterocycles. The monoisotopic (exact) mass is 366 g/mol. The van der Waals surface area contributed by atoms with Crippen LogP contribution in [0.25, 0.3) is 12.2 Å². The molecule has 138 valence electrons. The van der Waals surface area contributed by atoms with Gasteiger partial charge < -0.3 is 14.9 Å². The van der Waals surface area contributed by atoms with Crippen LogP contribution in [0.2, 0.25) is 0 Å². The lowest BCUT2D eigenvalue weighted by Crippen LogP contribution is -2.30. The highest BCUT2D eigenvalue weighted by molar-refractivity contribution is 6.24. The van der Waals surface area contributed by atoms with E-state index in [9.17, 15) is 24.6 Å². The summed E-state index contributed by atoms with van der Waals surface area (Å²) in [6.45, 7) is 0. The quantitative estimate of drug-likeness (QED) is 0.444. The number of hydrogen-bond donors (Lipinski definition) is 2. The third-order valence-corrected chi connectivity index (χ3v) is 3.67. The van der Waals surface area contributed by atoms with Crippen molar-refractivity contribution in [3.63, 3.8) is 0 Å². The Balaban J connectivity index is 2.16. The standard InChI is InChI=1S/C21H18O6/c1-27-21(26)20(18(24)12-6-14-2-8-16(22)9-3-14)19(25)13-7-15-4-10-17(23)11-5-15/h2-13,20,22-23H,1H3. The third-order valence-electron chi connectivity index (χ3n) is 3.67. The zero-order valence-electron chi connectivity index (χ0n) is 14.5. The summed E-state index contributed by atoms with van der Waals surface area (Å²) in [4.78, 5) is 36.6. The van der Waals surface area contributed by atoms with Crippen molar-refractivity contribution >= 4 is 29.7 Å². The molecule has 2 rings (SSSR count). The Morgan fingerprint density at radius 2 is 1.15 bits per heavy atom. The summed E-state index contributed by atoms with van der Waals surface area (Å²) in [7, 11) is 1.10. The van der Waals surface area contributed by atoms with Gasteiger partial charge in [0.05, 0.1) is 7.11 Å². The smallest absolute Gasteiger partial charge is 0.324 e. The van der Waals surface area contributed by atoms with Crippen LogP contribution in [0, 0.1) is 5.92 Å². The van der Waals surface area contributed by atoms with E-state index in [1.54, 1.807) is 24.3 Å². The second-order valence-electron chi connectivity index (χ2n) is 5.61. The van der Waals surface area contributed by atoms with Crippen molar-refractivity contribution in [3.8, 4) is 11.5 Å². The maximum atomic E-state index is 12.4. The minimum Gasteiger partial charge on any atom is -0.508 e. The van der Waals surface area contributed by atoms with Gasteiger partial charge in [-0.25, -0.2) is 0 Å². The summed E-state index contributed by atoms with van der Waals surface area (Å²) in [5, 5.41) is 18.5. The Morgan fingerprint density at radius 3 is 1.48 bits per heavy atom. The molecule has 0 aromatic heterocycles. The molecular formula is C21H18O6. The van der Waals surface area contributed by atoms with Crippen molar-refractivity contribution in [1.29, 1.82) is 0 Å². The molecule has 2 aromatic carbocycles. The summed E-state index contributed by atoms with van der Waals surface area (Å²) in [6.07, 6.45) is 5.13. The van der Waals surface area contributed by atoms with Crippen LogP contribution >= 0.6 is 0 Å². The number of phenols is 2. The normalized spacial score (nSPS) is 12.2. The number of methoxy groups -OCH3 is 1. The zero-order chi connectivity index (χ0) is 19.8.